The van der Waals surface area contributed by atoms with Crippen molar-refractivity contribution in [2.45, 2.75) is 30.0 Å². The molecule has 2 heterocycles. The van der Waals surface area contributed by atoms with Crippen molar-refractivity contribution in [2.24, 2.45) is 0 Å². The lowest BCUT2D eigenvalue weighted by Gasteiger charge is -2.23. The number of rotatable bonds is 3. The third-order valence-corrected chi connectivity index (χ3v) is 6.72. The van der Waals surface area contributed by atoms with Gasteiger partial charge in [-0.25, -0.2) is 8.42 Å². The molecule has 0 saturated carbocycles. The highest BCUT2D eigenvalue weighted by atomic mass is 32.2. The Labute approximate surface area is 136 Å². The van der Waals surface area contributed by atoms with Gasteiger partial charge >= 0.3 is 6.18 Å². The van der Waals surface area contributed by atoms with E-state index >= 15 is 0 Å². The molecule has 124 valence electrons. The largest absolute Gasteiger partial charge is 0.416 e. The van der Waals surface area contributed by atoms with E-state index in [2.05, 4.69) is 0 Å². The standard InChI is InChI=1S/C15H14F3NO2S2/c16-15(17,18)11-4-1-5-12(10-11)23(20,21)19-8-2-6-13(19)14-7-3-9-22-14/h1,3-5,7,9-10,13H,2,6,8H2/t13-/m0/s1. The van der Waals surface area contributed by atoms with E-state index in [1.165, 1.54) is 21.7 Å². The average Bonchev–Trinajstić information content (AvgIpc) is 3.17. The molecule has 0 aliphatic carbocycles. The first-order valence-electron chi connectivity index (χ1n) is 7.02. The molecule has 1 aliphatic heterocycles. The highest BCUT2D eigenvalue weighted by Crippen LogP contribution is 2.39. The van der Waals surface area contributed by atoms with Gasteiger partial charge in [0.15, 0.2) is 0 Å². The molecule has 1 atom stereocenters. The summed E-state index contributed by atoms with van der Waals surface area (Å²) in [7, 11) is -3.96. The van der Waals surface area contributed by atoms with Crippen LogP contribution in [0.25, 0.3) is 0 Å². The van der Waals surface area contributed by atoms with Crippen molar-refractivity contribution in [3.8, 4) is 0 Å². The van der Waals surface area contributed by atoms with Crippen LogP contribution in [0.5, 0.6) is 0 Å². The Balaban J connectivity index is 1.98. The maximum Gasteiger partial charge on any atom is 0.416 e. The minimum absolute atomic E-state index is 0.297. The molecule has 1 aromatic carbocycles. The Bertz CT molecular complexity index is 785. The Kier molecular flexibility index (Phi) is 4.24. The molecule has 0 bridgehead atoms. The molecule has 1 aliphatic rings. The van der Waals surface area contributed by atoms with Gasteiger partial charge in [0, 0.05) is 11.4 Å². The van der Waals surface area contributed by atoms with Crippen molar-refractivity contribution in [2.75, 3.05) is 6.54 Å². The zero-order valence-corrected chi connectivity index (χ0v) is 13.6. The topological polar surface area (TPSA) is 37.4 Å². The van der Waals surface area contributed by atoms with E-state index in [1.54, 1.807) is 0 Å². The van der Waals surface area contributed by atoms with Gasteiger partial charge in [-0.3, -0.25) is 0 Å². The molecule has 0 radical (unpaired) electrons. The lowest BCUT2D eigenvalue weighted by Crippen LogP contribution is -2.30. The summed E-state index contributed by atoms with van der Waals surface area (Å²) in [6.07, 6.45) is -3.19. The van der Waals surface area contributed by atoms with Crippen LogP contribution in [-0.2, 0) is 16.2 Å². The van der Waals surface area contributed by atoms with Gasteiger partial charge in [-0.05, 0) is 42.5 Å². The molecule has 0 N–H and O–H groups in total. The van der Waals surface area contributed by atoms with Crippen molar-refractivity contribution in [3.63, 3.8) is 0 Å². The third-order valence-electron chi connectivity index (χ3n) is 3.84. The number of benzene rings is 1. The van der Waals surface area contributed by atoms with E-state index in [9.17, 15) is 21.6 Å². The third kappa shape index (κ3) is 3.15. The van der Waals surface area contributed by atoms with Gasteiger partial charge in [0.25, 0.3) is 0 Å². The van der Waals surface area contributed by atoms with Gasteiger partial charge < -0.3 is 0 Å². The summed E-state index contributed by atoms with van der Waals surface area (Å²) in [5.41, 5.74) is -0.953. The Morgan fingerprint density at radius 1 is 1.17 bits per heavy atom. The highest BCUT2D eigenvalue weighted by Gasteiger charge is 2.38. The van der Waals surface area contributed by atoms with Gasteiger partial charge in [0.2, 0.25) is 10.0 Å². The normalized spacial score (nSPS) is 20.0. The summed E-state index contributed by atoms with van der Waals surface area (Å²) in [5, 5.41) is 1.86. The molecule has 0 amide bonds. The molecule has 3 nitrogen and oxygen atoms in total. The summed E-state index contributed by atoms with van der Waals surface area (Å²) in [4.78, 5) is 0.605. The summed E-state index contributed by atoms with van der Waals surface area (Å²) in [5.74, 6) is 0. The van der Waals surface area contributed by atoms with Crippen LogP contribution in [0.15, 0.2) is 46.7 Å². The maximum atomic E-state index is 12.8. The van der Waals surface area contributed by atoms with E-state index in [0.717, 1.165) is 17.0 Å². The van der Waals surface area contributed by atoms with Crippen LogP contribution in [0.2, 0.25) is 0 Å². The second-order valence-electron chi connectivity index (χ2n) is 5.31. The minimum atomic E-state index is -4.57. The minimum Gasteiger partial charge on any atom is -0.207 e. The van der Waals surface area contributed by atoms with Crippen molar-refractivity contribution in [3.05, 3.63) is 52.2 Å². The fourth-order valence-electron chi connectivity index (χ4n) is 2.76. The second kappa shape index (κ2) is 5.92. The number of halogens is 3. The van der Waals surface area contributed by atoms with Crippen LogP contribution in [0, 0.1) is 0 Å². The zero-order valence-electron chi connectivity index (χ0n) is 12.0. The van der Waals surface area contributed by atoms with Crippen LogP contribution in [0.1, 0.15) is 29.3 Å². The molecule has 8 heteroatoms. The SMILES string of the molecule is O=S(=O)(c1cccc(C(F)(F)F)c1)N1CCC[C@H]1c1cccs1. The molecule has 1 fully saturated rings. The lowest BCUT2D eigenvalue weighted by molar-refractivity contribution is -0.137. The van der Waals surface area contributed by atoms with Crippen LogP contribution in [0.3, 0.4) is 0 Å². The quantitative estimate of drug-likeness (QED) is 0.818. The smallest absolute Gasteiger partial charge is 0.207 e. The molecular formula is C15H14F3NO2S2. The van der Waals surface area contributed by atoms with Crippen molar-refractivity contribution < 1.29 is 21.6 Å². The summed E-state index contributed by atoms with van der Waals surface area (Å²) >= 11 is 1.46. The lowest BCUT2D eigenvalue weighted by atomic mass is 10.2. The fraction of sp³-hybridized carbons (Fsp3) is 0.333. The Hall–Kier alpha value is -1.38. The number of nitrogens with zero attached hydrogens (tertiary/aromatic N) is 1. The Morgan fingerprint density at radius 2 is 1.96 bits per heavy atom. The molecule has 3 rings (SSSR count). The molecule has 0 spiro atoms. The molecule has 1 saturated heterocycles. The first-order valence-corrected chi connectivity index (χ1v) is 9.34. The van der Waals surface area contributed by atoms with Crippen molar-refractivity contribution in [1.29, 1.82) is 0 Å². The van der Waals surface area contributed by atoms with E-state index in [1.807, 2.05) is 17.5 Å². The first kappa shape index (κ1) is 16.5. The number of hydrogen-bond acceptors (Lipinski definition) is 3. The van der Waals surface area contributed by atoms with E-state index in [-0.39, 0.29) is 10.9 Å². The van der Waals surface area contributed by atoms with Crippen LogP contribution < -0.4 is 0 Å². The fourth-order valence-corrected chi connectivity index (χ4v) is 5.42. The molecule has 2 aromatic rings. The van der Waals surface area contributed by atoms with Crippen LogP contribution in [0.4, 0.5) is 13.2 Å². The summed E-state index contributed by atoms with van der Waals surface area (Å²) in [6, 6.07) is 7.33. The van der Waals surface area contributed by atoms with Crippen LogP contribution in [-0.4, -0.2) is 19.3 Å². The zero-order chi connectivity index (χ0) is 16.7. The van der Waals surface area contributed by atoms with E-state index < -0.39 is 21.8 Å². The van der Waals surface area contributed by atoms with Gasteiger partial charge in [0.05, 0.1) is 16.5 Å². The monoisotopic (exact) mass is 361 g/mol. The number of alkyl halides is 3. The molecule has 23 heavy (non-hydrogen) atoms. The average molecular weight is 361 g/mol. The highest BCUT2D eigenvalue weighted by molar-refractivity contribution is 7.89. The summed E-state index contributed by atoms with van der Waals surface area (Å²) < 4.78 is 65.4. The van der Waals surface area contributed by atoms with E-state index in [0.29, 0.717) is 25.5 Å². The predicted octanol–water partition coefficient (Wildman–Crippen LogP) is 4.29. The first-order chi connectivity index (χ1) is 10.8. The Morgan fingerprint density at radius 3 is 2.61 bits per heavy atom. The maximum absolute atomic E-state index is 12.8. The number of thiophene rings is 1. The molecular weight excluding hydrogens is 347 g/mol. The number of sulfonamides is 1. The second-order valence-corrected chi connectivity index (χ2v) is 8.18. The van der Waals surface area contributed by atoms with E-state index in [4.69, 9.17) is 0 Å². The van der Waals surface area contributed by atoms with Gasteiger partial charge in [-0.15, -0.1) is 11.3 Å². The van der Waals surface area contributed by atoms with Crippen LogP contribution >= 0.6 is 11.3 Å². The predicted molar refractivity (Wildman–Crippen MR) is 81.6 cm³/mol. The summed E-state index contributed by atoms with van der Waals surface area (Å²) in [6.45, 7) is 0.321. The van der Waals surface area contributed by atoms with Gasteiger partial charge in [-0.1, -0.05) is 12.1 Å². The van der Waals surface area contributed by atoms with Crippen molar-refractivity contribution in [1.82, 2.24) is 4.31 Å². The van der Waals surface area contributed by atoms with Gasteiger partial charge in [-0.2, -0.15) is 17.5 Å². The molecule has 1 aromatic heterocycles. The van der Waals surface area contributed by atoms with Crippen molar-refractivity contribution >= 4 is 21.4 Å². The number of hydrogen-bond donors (Lipinski definition) is 0. The molecule has 0 unspecified atom stereocenters. The van der Waals surface area contributed by atoms with Gasteiger partial charge in [0.1, 0.15) is 0 Å².